The highest BCUT2D eigenvalue weighted by atomic mass is 79.9. The molecule has 1 unspecified atom stereocenters. The number of halogens is 1. The lowest BCUT2D eigenvalue weighted by molar-refractivity contribution is -0.144. The lowest BCUT2D eigenvalue weighted by Gasteiger charge is -2.18. The van der Waals surface area contributed by atoms with Gasteiger partial charge in [-0.05, 0) is 29.5 Å². The van der Waals surface area contributed by atoms with Crippen LogP contribution in [0.5, 0.6) is 0 Å². The second-order valence-electron chi connectivity index (χ2n) is 4.97. The molecule has 1 fully saturated rings. The van der Waals surface area contributed by atoms with Crippen LogP contribution in [-0.2, 0) is 14.9 Å². The van der Waals surface area contributed by atoms with Crippen LogP contribution < -0.4 is 0 Å². The molecule has 1 aliphatic rings. The Labute approximate surface area is 104 Å². The van der Waals surface area contributed by atoms with E-state index in [0.717, 1.165) is 16.5 Å². The highest BCUT2D eigenvalue weighted by Crippen LogP contribution is 2.64. The minimum Gasteiger partial charge on any atom is -0.468 e. The van der Waals surface area contributed by atoms with Crippen molar-refractivity contribution in [1.82, 2.24) is 0 Å². The summed E-state index contributed by atoms with van der Waals surface area (Å²) in [7, 11) is 1.45. The molecule has 0 saturated heterocycles. The predicted octanol–water partition coefficient (Wildman–Crippen LogP) is 3.29. The summed E-state index contributed by atoms with van der Waals surface area (Å²) in [5, 5.41) is 0. The van der Waals surface area contributed by atoms with Crippen molar-refractivity contribution in [2.45, 2.75) is 25.7 Å². The van der Waals surface area contributed by atoms with E-state index in [2.05, 4.69) is 29.8 Å². The molecule has 0 N–H and O–H groups in total. The van der Waals surface area contributed by atoms with Gasteiger partial charge in [0.2, 0.25) is 0 Å². The standard InChI is InChI=1S/C13H15BrO2/c1-12(2)8-13(12,11(15)16-3)9-5-4-6-10(14)7-9/h4-7H,8H2,1-3H3. The molecule has 1 aromatic carbocycles. The highest BCUT2D eigenvalue weighted by Gasteiger charge is 2.68. The zero-order chi connectivity index (χ0) is 12.0. The topological polar surface area (TPSA) is 26.3 Å². The van der Waals surface area contributed by atoms with E-state index in [9.17, 15) is 4.79 Å². The highest BCUT2D eigenvalue weighted by molar-refractivity contribution is 9.10. The van der Waals surface area contributed by atoms with E-state index < -0.39 is 5.41 Å². The SMILES string of the molecule is COC(=O)C1(c2cccc(Br)c2)CC1(C)C. The van der Waals surface area contributed by atoms with Crippen LogP contribution in [0.25, 0.3) is 0 Å². The zero-order valence-corrected chi connectivity index (χ0v) is 11.3. The number of carbonyl (C=O) groups excluding carboxylic acids is 1. The van der Waals surface area contributed by atoms with E-state index in [4.69, 9.17) is 4.74 Å². The zero-order valence-electron chi connectivity index (χ0n) is 9.71. The fourth-order valence-electron chi connectivity index (χ4n) is 2.51. The van der Waals surface area contributed by atoms with E-state index in [1.54, 1.807) is 0 Å². The number of carbonyl (C=O) groups is 1. The first-order valence-corrected chi connectivity index (χ1v) is 6.08. The van der Waals surface area contributed by atoms with Gasteiger partial charge >= 0.3 is 5.97 Å². The van der Waals surface area contributed by atoms with Crippen LogP contribution in [0.1, 0.15) is 25.8 Å². The Hall–Kier alpha value is -0.830. The first-order valence-electron chi connectivity index (χ1n) is 5.28. The molecule has 0 spiro atoms. The first kappa shape index (κ1) is 11.6. The van der Waals surface area contributed by atoms with Gasteiger partial charge in [-0.1, -0.05) is 41.9 Å². The Balaban J connectivity index is 2.48. The van der Waals surface area contributed by atoms with Gasteiger partial charge in [0.25, 0.3) is 0 Å². The van der Waals surface area contributed by atoms with Crippen LogP contribution >= 0.6 is 15.9 Å². The summed E-state index contributed by atoms with van der Waals surface area (Å²) in [6.07, 6.45) is 0.850. The van der Waals surface area contributed by atoms with Gasteiger partial charge in [0, 0.05) is 4.47 Å². The summed E-state index contributed by atoms with van der Waals surface area (Å²) < 4.78 is 5.95. The summed E-state index contributed by atoms with van der Waals surface area (Å²) in [5.41, 5.74) is 0.575. The maximum atomic E-state index is 12.0. The summed E-state index contributed by atoms with van der Waals surface area (Å²) in [6, 6.07) is 7.92. The molecule has 0 radical (unpaired) electrons. The van der Waals surface area contributed by atoms with E-state index in [1.165, 1.54) is 7.11 Å². The van der Waals surface area contributed by atoms with Crippen molar-refractivity contribution < 1.29 is 9.53 Å². The van der Waals surface area contributed by atoms with E-state index in [1.807, 2.05) is 24.3 Å². The van der Waals surface area contributed by atoms with Crippen LogP contribution in [0.15, 0.2) is 28.7 Å². The number of hydrogen-bond acceptors (Lipinski definition) is 2. The Morgan fingerprint density at radius 2 is 2.06 bits per heavy atom. The van der Waals surface area contributed by atoms with Crippen molar-refractivity contribution in [3.05, 3.63) is 34.3 Å². The Kier molecular flexibility index (Phi) is 2.61. The number of hydrogen-bond donors (Lipinski definition) is 0. The van der Waals surface area contributed by atoms with Gasteiger partial charge in [-0.25, -0.2) is 0 Å². The minimum atomic E-state index is -0.453. The van der Waals surface area contributed by atoms with E-state index >= 15 is 0 Å². The average molecular weight is 283 g/mol. The molecule has 1 atom stereocenters. The molecule has 1 aliphatic carbocycles. The lowest BCUT2D eigenvalue weighted by Crippen LogP contribution is -2.27. The molecule has 0 bridgehead atoms. The van der Waals surface area contributed by atoms with Crippen molar-refractivity contribution in [1.29, 1.82) is 0 Å². The van der Waals surface area contributed by atoms with Crippen LogP contribution in [0.4, 0.5) is 0 Å². The van der Waals surface area contributed by atoms with Gasteiger partial charge in [0.15, 0.2) is 0 Å². The molecule has 0 amide bonds. The van der Waals surface area contributed by atoms with E-state index in [-0.39, 0.29) is 11.4 Å². The van der Waals surface area contributed by atoms with Gasteiger partial charge in [-0.2, -0.15) is 0 Å². The summed E-state index contributed by atoms with van der Waals surface area (Å²) in [6.45, 7) is 4.20. The Morgan fingerprint density at radius 3 is 2.50 bits per heavy atom. The largest absolute Gasteiger partial charge is 0.468 e. The summed E-state index contributed by atoms with van der Waals surface area (Å²) in [5.74, 6) is -0.129. The second kappa shape index (κ2) is 3.59. The molecule has 2 nitrogen and oxygen atoms in total. The van der Waals surface area contributed by atoms with Gasteiger partial charge in [0.1, 0.15) is 0 Å². The van der Waals surface area contributed by atoms with Crippen molar-refractivity contribution in [2.24, 2.45) is 5.41 Å². The minimum absolute atomic E-state index is 0.0130. The Bertz CT molecular complexity index is 439. The number of benzene rings is 1. The third kappa shape index (κ3) is 1.49. The average Bonchev–Trinajstić information content (AvgIpc) is 2.82. The van der Waals surface area contributed by atoms with Gasteiger partial charge in [-0.3, -0.25) is 4.79 Å². The number of ether oxygens (including phenoxy) is 1. The molecule has 16 heavy (non-hydrogen) atoms. The first-order chi connectivity index (χ1) is 7.44. The van der Waals surface area contributed by atoms with Gasteiger partial charge < -0.3 is 4.74 Å². The molecule has 1 aromatic rings. The van der Waals surface area contributed by atoms with Crippen molar-refractivity contribution in [2.75, 3.05) is 7.11 Å². The van der Waals surface area contributed by atoms with Crippen LogP contribution in [-0.4, -0.2) is 13.1 Å². The van der Waals surface area contributed by atoms with Crippen molar-refractivity contribution in [3.63, 3.8) is 0 Å². The fourth-order valence-corrected chi connectivity index (χ4v) is 2.91. The predicted molar refractivity (Wildman–Crippen MR) is 66.2 cm³/mol. The fraction of sp³-hybridized carbons (Fsp3) is 0.462. The quantitative estimate of drug-likeness (QED) is 0.778. The maximum Gasteiger partial charge on any atom is 0.316 e. The Morgan fingerprint density at radius 1 is 1.44 bits per heavy atom. The molecule has 2 rings (SSSR count). The van der Waals surface area contributed by atoms with Crippen LogP contribution in [0, 0.1) is 5.41 Å². The van der Waals surface area contributed by atoms with Crippen molar-refractivity contribution in [3.8, 4) is 0 Å². The third-order valence-corrected chi connectivity index (χ3v) is 4.08. The van der Waals surface area contributed by atoms with Crippen LogP contribution in [0.3, 0.4) is 0 Å². The molecule has 86 valence electrons. The molecule has 0 aliphatic heterocycles. The normalized spacial score (nSPS) is 26.2. The maximum absolute atomic E-state index is 12.0. The monoisotopic (exact) mass is 282 g/mol. The number of esters is 1. The molecular weight excluding hydrogens is 268 g/mol. The second-order valence-corrected chi connectivity index (χ2v) is 5.88. The summed E-state index contributed by atoms with van der Waals surface area (Å²) in [4.78, 5) is 12.0. The molecule has 0 aromatic heterocycles. The number of rotatable bonds is 2. The molecule has 1 saturated carbocycles. The smallest absolute Gasteiger partial charge is 0.316 e. The summed E-state index contributed by atoms with van der Waals surface area (Å²) >= 11 is 3.44. The van der Waals surface area contributed by atoms with E-state index in [0.29, 0.717) is 0 Å². The molecular formula is C13H15BrO2. The third-order valence-electron chi connectivity index (χ3n) is 3.59. The van der Waals surface area contributed by atoms with Gasteiger partial charge in [-0.15, -0.1) is 0 Å². The number of methoxy groups -OCH3 is 1. The lowest BCUT2D eigenvalue weighted by atomic mass is 9.88. The molecule has 0 heterocycles. The van der Waals surface area contributed by atoms with Crippen molar-refractivity contribution >= 4 is 21.9 Å². The van der Waals surface area contributed by atoms with Gasteiger partial charge in [0.05, 0.1) is 12.5 Å². The molecule has 3 heteroatoms. The van der Waals surface area contributed by atoms with Crippen LogP contribution in [0.2, 0.25) is 0 Å².